The molecule has 0 unspecified atom stereocenters. The molecule has 1 N–H and O–H groups in total. The third-order valence-corrected chi connectivity index (χ3v) is 5.91. The van der Waals surface area contributed by atoms with Crippen LogP contribution in [0.4, 0.5) is 11.8 Å². The van der Waals surface area contributed by atoms with Crippen LogP contribution in [0.5, 0.6) is 0 Å². The molecule has 5 heteroatoms. The standard InChI is InChI=1S/C19H31N5/c1-2-7-13-23(12-6-1)18-10-11-21-19(22-18)24(17-14-20-15-17)16-8-4-3-5-9-16/h10-11,16-17,20H,1-9,12-15H2. The average Bonchev–Trinajstić information content (AvgIpc) is 2.88. The smallest absolute Gasteiger partial charge is 0.227 e. The summed E-state index contributed by atoms with van der Waals surface area (Å²) in [6, 6.07) is 3.31. The lowest BCUT2D eigenvalue weighted by Crippen LogP contribution is -2.61. The van der Waals surface area contributed by atoms with Crippen LogP contribution in [0.1, 0.15) is 57.8 Å². The van der Waals surface area contributed by atoms with Gasteiger partial charge in [0.1, 0.15) is 5.82 Å². The first kappa shape index (κ1) is 16.1. The van der Waals surface area contributed by atoms with Gasteiger partial charge in [0.2, 0.25) is 5.95 Å². The van der Waals surface area contributed by atoms with Crippen molar-refractivity contribution in [3.8, 4) is 0 Å². The van der Waals surface area contributed by atoms with Gasteiger partial charge < -0.3 is 15.1 Å². The zero-order chi connectivity index (χ0) is 16.2. The van der Waals surface area contributed by atoms with Gasteiger partial charge >= 0.3 is 0 Å². The minimum atomic E-state index is 0.576. The molecule has 3 heterocycles. The lowest BCUT2D eigenvalue weighted by Gasteiger charge is -2.44. The van der Waals surface area contributed by atoms with Gasteiger partial charge in [0.05, 0.1) is 6.04 Å². The summed E-state index contributed by atoms with van der Waals surface area (Å²) < 4.78 is 0. The van der Waals surface area contributed by atoms with E-state index in [-0.39, 0.29) is 0 Å². The molecule has 0 spiro atoms. The molecule has 1 aromatic heterocycles. The van der Waals surface area contributed by atoms with Crippen LogP contribution < -0.4 is 15.1 Å². The van der Waals surface area contributed by atoms with Crippen molar-refractivity contribution in [3.63, 3.8) is 0 Å². The molecule has 2 saturated heterocycles. The lowest BCUT2D eigenvalue weighted by molar-refractivity contribution is 0.329. The summed E-state index contributed by atoms with van der Waals surface area (Å²) in [5.74, 6) is 2.10. The van der Waals surface area contributed by atoms with Gasteiger partial charge in [0.15, 0.2) is 0 Å². The van der Waals surface area contributed by atoms with Crippen LogP contribution in [0.15, 0.2) is 12.3 Å². The normalized spacial score (nSPS) is 23.6. The highest BCUT2D eigenvalue weighted by Crippen LogP contribution is 2.29. The first-order chi connectivity index (χ1) is 11.9. The van der Waals surface area contributed by atoms with Gasteiger partial charge in [0.25, 0.3) is 0 Å². The Morgan fingerprint density at radius 1 is 0.917 bits per heavy atom. The van der Waals surface area contributed by atoms with Gasteiger partial charge in [-0.3, -0.25) is 0 Å². The number of anilines is 2. The van der Waals surface area contributed by atoms with E-state index in [1.807, 2.05) is 6.20 Å². The second-order valence-corrected chi connectivity index (χ2v) is 7.63. The first-order valence-corrected chi connectivity index (χ1v) is 9.99. The zero-order valence-corrected chi connectivity index (χ0v) is 14.8. The third-order valence-electron chi connectivity index (χ3n) is 5.91. The molecular weight excluding hydrogens is 298 g/mol. The number of rotatable bonds is 4. The van der Waals surface area contributed by atoms with Crippen LogP contribution in [-0.2, 0) is 0 Å². The number of nitrogens with zero attached hydrogens (tertiary/aromatic N) is 4. The molecule has 0 bridgehead atoms. The second-order valence-electron chi connectivity index (χ2n) is 7.63. The molecule has 1 aliphatic carbocycles. The van der Waals surface area contributed by atoms with E-state index in [1.165, 1.54) is 57.8 Å². The third kappa shape index (κ3) is 3.51. The fourth-order valence-corrected chi connectivity index (χ4v) is 4.39. The Labute approximate surface area is 145 Å². The van der Waals surface area contributed by atoms with Crippen LogP contribution in [0.3, 0.4) is 0 Å². The largest absolute Gasteiger partial charge is 0.356 e. The Morgan fingerprint density at radius 2 is 1.62 bits per heavy atom. The SMILES string of the molecule is c1cc(N2CCCCCC2)nc(N(C2CCCCC2)C2CNC2)n1. The van der Waals surface area contributed by atoms with Crippen LogP contribution in [-0.4, -0.2) is 48.2 Å². The molecular formula is C19H31N5. The van der Waals surface area contributed by atoms with Crippen molar-refractivity contribution in [1.29, 1.82) is 0 Å². The number of hydrogen-bond donors (Lipinski definition) is 1. The molecule has 0 radical (unpaired) electrons. The van der Waals surface area contributed by atoms with Gasteiger partial charge in [-0.2, -0.15) is 4.98 Å². The molecule has 0 aromatic carbocycles. The summed E-state index contributed by atoms with van der Waals surface area (Å²) >= 11 is 0. The van der Waals surface area contributed by atoms with Gasteiger partial charge in [-0.1, -0.05) is 32.1 Å². The van der Waals surface area contributed by atoms with Gasteiger partial charge in [-0.25, -0.2) is 4.98 Å². The fraction of sp³-hybridized carbons (Fsp3) is 0.789. The molecule has 2 aliphatic heterocycles. The summed E-state index contributed by atoms with van der Waals surface area (Å²) in [6.45, 7) is 4.44. The lowest BCUT2D eigenvalue weighted by atomic mass is 9.92. The van der Waals surface area contributed by atoms with E-state index in [0.717, 1.165) is 37.9 Å². The summed E-state index contributed by atoms with van der Waals surface area (Å²) in [4.78, 5) is 14.7. The highest BCUT2D eigenvalue weighted by Gasteiger charge is 2.33. The van der Waals surface area contributed by atoms with E-state index < -0.39 is 0 Å². The summed E-state index contributed by atoms with van der Waals surface area (Å²) in [5.41, 5.74) is 0. The monoisotopic (exact) mass is 329 g/mol. The molecule has 4 rings (SSSR count). The van der Waals surface area contributed by atoms with Crippen molar-refractivity contribution in [3.05, 3.63) is 12.3 Å². The average molecular weight is 329 g/mol. The molecule has 3 aliphatic rings. The Morgan fingerprint density at radius 3 is 2.29 bits per heavy atom. The van der Waals surface area contributed by atoms with Crippen LogP contribution >= 0.6 is 0 Å². The maximum Gasteiger partial charge on any atom is 0.227 e. The predicted octanol–water partition coefficient (Wildman–Crippen LogP) is 2.97. The van der Waals surface area contributed by atoms with Crippen molar-refractivity contribution < 1.29 is 0 Å². The zero-order valence-electron chi connectivity index (χ0n) is 14.8. The van der Waals surface area contributed by atoms with E-state index in [4.69, 9.17) is 9.97 Å². The molecule has 24 heavy (non-hydrogen) atoms. The Balaban J connectivity index is 1.56. The molecule has 3 fully saturated rings. The van der Waals surface area contributed by atoms with Crippen molar-refractivity contribution in [2.24, 2.45) is 0 Å². The van der Waals surface area contributed by atoms with Crippen molar-refractivity contribution in [2.75, 3.05) is 36.0 Å². The molecule has 132 valence electrons. The Bertz CT molecular complexity index is 516. The highest BCUT2D eigenvalue weighted by molar-refractivity contribution is 5.45. The van der Waals surface area contributed by atoms with Gasteiger partial charge in [0, 0.05) is 38.4 Å². The van der Waals surface area contributed by atoms with Gasteiger partial charge in [-0.05, 0) is 31.7 Å². The highest BCUT2D eigenvalue weighted by atomic mass is 15.3. The molecule has 1 aromatic rings. The fourth-order valence-electron chi connectivity index (χ4n) is 4.39. The molecule has 5 nitrogen and oxygen atoms in total. The Kier molecular flexibility index (Phi) is 5.16. The van der Waals surface area contributed by atoms with Crippen molar-refractivity contribution in [2.45, 2.75) is 69.9 Å². The molecule has 0 atom stereocenters. The van der Waals surface area contributed by atoms with E-state index in [2.05, 4.69) is 21.2 Å². The Hall–Kier alpha value is -1.36. The van der Waals surface area contributed by atoms with E-state index in [1.54, 1.807) is 0 Å². The minimum Gasteiger partial charge on any atom is -0.356 e. The van der Waals surface area contributed by atoms with E-state index >= 15 is 0 Å². The van der Waals surface area contributed by atoms with E-state index in [9.17, 15) is 0 Å². The second kappa shape index (κ2) is 7.68. The summed E-state index contributed by atoms with van der Waals surface area (Å²) in [6.07, 6.45) is 14.0. The minimum absolute atomic E-state index is 0.576. The van der Waals surface area contributed by atoms with Crippen molar-refractivity contribution >= 4 is 11.8 Å². The van der Waals surface area contributed by atoms with Crippen LogP contribution in [0.25, 0.3) is 0 Å². The molecule has 1 saturated carbocycles. The maximum absolute atomic E-state index is 5.03. The molecule has 0 amide bonds. The van der Waals surface area contributed by atoms with Gasteiger partial charge in [-0.15, -0.1) is 0 Å². The van der Waals surface area contributed by atoms with Crippen LogP contribution in [0.2, 0.25) is 0 Å². The number of hydrogen-bond acceptors (Lipinski definition) is 5. The van der Waals surface area contributed by atoms with Crippen LogP contribution in [0, 0.1) is 0 Å². The first-order valence-electron chi connectivity index (χ1n) is 9.99. The quantitative estimate of drug-likeness (QED) is 0.920. The maximum atomic E-state index is 5.03. The topological polar surface area (TPSA) is 44.3 Å². The summed E-state index contributed by atoms with van der Waals surface area (Å²) in [7, 11) is 0. The number of nitrogens with one attached hydrogen (secondary N) is 1. The summed E-state index contributed by atoms with van der Waals surface area (Å²) in [5, 5.41) is 3.43. The van der Waals surface area contributed by atoms with Crippen molar-refractivity contribution in [1.82, 2.24) is 15.3 Å². The number of aromatic nitrogens is 2. The predicted molar refractivity (Wildman–Crippen MR) is 98.7 cm³/mol. The van der Waals surface area contributed by atoms with E-state index in [0.29, 0.717) is 12.1 Å².